The van der Waals surface area contributed by atoms with Crippen molar-refractivity contribution in [1.29, 1.82) is 0 Å². The van der Waals surface area contributed by atoms with Gasteiger partial charge in [0.25, 0.3) is 0 Å². The Bertz CT molecular complexity index is 1700. The maximum atomic E-state index is 13.8. The first kappa shape index (κ1) is 25.8. The minimum Gasteiger partial charge on any atom is -0.507 e. The molecule has 7 N–H and O–H groups in total. The summed E-state index contributed by atoms with van der Waals surface area (Å²) in [6.45, 7) is 1.58. The van der Waals surface area contributed by atoms with Crippen LogP contribution in [-0.2, 0) is 6.42 Å². The van der Waals surface area contributed by atoms with E-state index in [0.29, 0.717) is 11.1 Å². The van der Waals surface area contributed by atoms with Gasteiger partial charge in [-0.05, 0) is 53.8 Å². The van der Waals surface area contributed by atoms with Gasteiger partial charge in [-0.15, -0.1) is 0 Å². The van der Waals surface area contributed by atoms with Crippen molar-refractivity contribution in [2.75, 3.05) is 0 Å². The molecule has 0 bridgehead atoms. The molecule has 3 aliphatic rings. The van der Waals surface area contributed by atoms with Gasteiger partial charge in [0.15, 0.2) is 5.78 Å². The Morgan fingerprint density at radius 2 is 1.65 bits per heavy atom. The molecule has 40 heavy (non-hydrogen) atoms. The summed E-state index contributed by atoms with van der Waals surface area (Å²) >= 11 is 0. The fraction of sp³-hybridized carbons (Fsp3) is 0.233. The number of hydrogen-bond acceptors (Lipinski definition) is 9. The predicted octanol–water partition coefficient (Wildman–Crippen LogP) is 2.24. The third-order valence-corrected chi connectivity index (χ3v) is 8.47. The standard InChI is InChI=1S/C30H24O10/c1-11-7-14(22(29(39)40)18(33)8-11)27(37)30-10-12-9-19(34)23-24(20(12)15(30)5-6-17(32)28(30)38)25(35)13-3-2-4-16(31)21(13)26(23)36/h2-9,15,17,27-28,31-34,37-38H,10H2,1H3,(H,39,40)/t15-,17-,27-,28-,30?/m1/s1. The van der Waals surface area contributed by atoms with E-state index >= 15 is 0 Å². The molecular weight excluding hydrogens is 520 g/mol. The van der Waals surface area contributed by atoms with E-state index in [0.717, 1.165) is 0 Å². The molecule has 0 aromatic heterocycles. The van der Waals surface area contributed by atoms with E-state index in [1.807, 2.05) is 0 Å². The molecule has 204 valence electrons. The van der Waals surface area contributed by atoms with E-state index in [2.05, 4.69) is 0 Å². The number of aromatic carboxylic acids is 1. The number of aliphatic hydroxyl groups is 3. The smallest absolute Gasteiger partial charge is 0.339 e. The second-order valence-corrected chi connectivity index (χ2v) is 10.6. The van der Waals surface area contributed by atoms with Gasteiger partial charge in [-0.3, -0.25) is 9.59 Å². The van der Waals surface area contributed by atoms with Crippen molar-refractivity contribution in [2.45, 2.75) is 37.6 Å². The van der Waals surface area contributed by atoms with Gasteiger partial charge in [0.05, 0.1) is 29.4 Å². The number of aromatic hydroxyl groups is 3. The van der Waals surface area contributed by atoms with Gasteiger partial charge in [-0.25, -0.2) is 4.79 Å². The van der Waals surface area contributed by atoms with E-state index in [-0.39, 0.29) is 39.8 Å². The number of carboxylic acids is 1. The fourth-order valence-electron chi connectivity index (χ4n) is 6.82. The van der Waals surface area contributed by atoms with Crippen molar-refractivity contribution in [3.05, 3.63) is 98.6 Å². The maximum Gasteiger partial charge on any atom is 0.339 e. The summed E-state index contributed by atoms with van der Waals surface area (Å²) in [6.07, 6.45) is -2.41. The van der Waals surface area contributed by atoms with E-state index in [9.17, 15) is 50.1 Å². The highest BCUT2D eigenvalue weighted by Crippen LogP contribution is 2.62. The number of fused-ring (bicyclic) bond motifs is 6. The Morgan fingerprint density at radius 1 is 0.925 bits per heavy atom. The molecular formula is C30H24O10. The topological polar surface area (TPSA) is 193 Å². The summed E-state index contributed by atoms with van der Waals surface area (Å²) in [7, 11) is 0. The highest BCUT2D eigenvalue weighted by molar-refractivity contribution is 6.31. The number of ketones is 2. The van der Waals surface area contributed by atoms with Crippen LogP contribution in [0.5, 0.6) is 17.2 Å². The second-order valence-electron chi connectivity index (χ2n) is 10.6. The van der Waals surface area contributed by atoms with E-state index < -0.39 is 70.0 Å². The lowest BCUT2D eigenvalue weighted by atomic mass is 9.61. The first-order chi connectivity index (χ1) is 18.9. The van der Waals surface area contributed by atoms with Crippen molar-refractivity contribution in [3.63, 3.8) is 0 Å². The molecule has 3 aliphatic carbocycles. The molecule has 0 aliphatic heterocycles. The van der Waals surface area contributed by atoms with Crippen LogP contribution in [0.15, 0.2) is 48.6 Å². The van der Waals surface area contributed by atoms with E-state index in [1.165, 1.54) is 48.6 Å². The monoisotopic (exact) mass is 544 g/mol. The number of carbonyl (C=O) groups excluding carboxylic acids is 2. The zero-order chi connectivity index (χ0) is 28.8. The Hall–Kier alpha value is -4.51. The van der Waals surface area contributed by atoms with Crippen LogP contribution < -0.4 is 0 Å². The first-order valence-corrected chi connectivity index (χ1v) is 12.5. The lowest BCUT2D eigenvalue weighted by Gasteiger charge is -2.46. The van der Waals surface area contributed by atoms with Gasteiger partial charge in [0.2, 0.25) is 5.78 Å². The number of phenols is 3. The summed E-state index contributed by atoms with van der Waals surface area (Å²) in [5.74, 6) is -5.55. The number of aryl methyl sites for hydroxylation is 1. The Balaban J connectivity index is 1.63. The molecule has 1 unspecified atom stereocenters. The molecule has 0 spiro atoms. The average Bonchev–Trinajstić information content (AvgIpc) is 3.22. The van der Waals surface area contributed by atoms with E-state index in [4.69, 9.17) is 0 Å². The molecule has 0 saturated carbocycles. The number of carbonyl (C=O) groups is 3. The zero-order valence-corrected chi connectivity index (χ0v) is 21.0. The van der Waals surface area contributed by atoms with E-state index in [1.54, 1.807) is 6.92 Å². The minimum atomic E-state index is -1.79. The number of carboxylic acid groups (broad SMARTS) is 1. The summed E-state index contributed by atoms with van der Waals surface area (Å²) < 4.78 is 0. The first-order valence-electron chi connectivity index (χ1n) is 12.5. The lowest BCUT2D eigenvalue weighted by Crippen LogP contribution is -2.51. The number of hydrogen-bond donors (Lipinski definition) is 7. The molecule has 0 fully saturated rings. The Morgan fingerprint density at radius 3 is 2.35 bits per heavy atom. The van der Waals surface area contributed by atoms with Crippen molar-refractivity contribution < 1.29 is 50.1 Å². The van der Waals surface area contributed by atoms with Crippen molar-refractivity contribution in [1.82, 2.24) is 0 Å². The molecule has 10 nitrogen and oxygen atoms in total. The third kappa shape index (κ3) is 3.18. The summed E-state index contributed by atoms with van der Waals surface area (Å²) in [5, 5.41) is 75.6. The van der Waals surface area contributed by atoms with Crippen molar-refractivity contribution in [3.8, 4) is 17.2 Å². The predicted molar refractivity (Wildman–Crippen MR) is 138 cm³/mol. The summed E-state index contributed by atoms with van der Waals surface area (Å²) in [4.78, 5) is 39.4. The molecule has 6 rings (SSSR count). The third-order valence-electron chi connectivity index (χ3n) is 8.47. The normalized spacial score (nSPS) is 25.1. The number of phenolic OH excluding ortho intramolecular Hbond substituents is 2. The largest absolute Gasteiger partial charge is 0.507 e. The minimum absolute atomic E-state index is 0.0829. The summed E-state index contributed by atoms with van der Waals surface area (Å²) in [6, 6.07) is 7.85. The van der Waals surface area contributed by atoms with Crippen LogP contribution in [-0.4, -0.2) is 65.5 Å². The number of rotatable bonds is 3. The van der Waals surface area contributed by atoms with Gasteiger partial charge >= 0.3 is 5.97 Å². The maximum absolute atomic E-state index is 13.8. The fourth-order valence-corrected chi connectivity index (χ4v) is 6.82. The molecule has 10 heteroatoms. The van der Waals surface area contributed by atoms with Crippen LogP contribution in [0, 0.1) is 12.3 Å². The number of benzene rings is 3. The highest BCUT2D eigenvalue weighted by atomic mass is 16.4. The van der Waals surface area contributed by atoms with Crippen molar-refractivity contribution >= 4 is 17.5 Å². The molecule has 3 aromatic carbocycles. The van der Waals surface area contributed by atoms with Gasteiger partial charge in [-0.1, -0.05) is 30.4 Å². The molecule has 0 saturated heterocycles. The van der Waals surface area contributed by atoms with Gasteiger partial charge in [0.1, 0.15) is 22.8 Å². The second kappa shape index (κ2) is 8.49. The number of allylic oxidation sites excluding steroid dienone is 1. The van der Waals surface area contributed by atoms with Crippen LogP contribution in [0.2, 0.25) is 0 Å². The van der Waals surface area contributed by atoms with Gasteiger partial charge in [-0.2, -0.15) is 0 Å². The van der Waals surface area contributed by atoms with Crippen molar-refractivity contribution in [2.24, 2.45) is 5.41 Å². The van der Waals surface area contributed by atoms with Crippen LogP contribution in [0.25, 0.3) is 0 Å². The highest BCUT2D eigenvalue weighted by Gasteiger charge is 2.60. The van der Waals surface area contributed by atoms with Crippen LogP contribution >= 0.6 is 0 Å². The van der Waals surface area contributed by atoms with Crippen LogP contribution in [0.3, 0.4) is 0 Å². The Labute approximate surface area is 226 Å². The van der Waals surface area contributed by atoms with Gasteiger partial charge in [0, 0.05) is 22.5 Å². The average molecular weight is 545 g/mol. The lowest BCUT2D eigenvalue weighted by molar-refractivity contribution is -0.119. The Kier molecular flexibility index (Phi) is 5.47. The van der Waals surface area contributed by atoms with Crippen LogP contribution in [0.1, 0.15) is 76.5 Å². The zero-order valence-electron chi connectivity index (χ0n) is 21.0. The molecule has 0 radical (unpaired) electrons. The quantitative estimate of drug-likeness (QED) is 0.188. The molecule has 0 heterocycles. The number of aliphatic hydroxyl groups excluding tert-OH is 3. The molecule has 0 amide bonds. The van der Waals surface area contributed by atoms with Gasteiger partial charge < -0.3 is 35.7 Å². The SMILES string of the molecule is Cc1cc(O)c(C(=O)O)c([C@@H](O)C23Cc4cc(O)c5c(c4[C@H]2C=C[C@@H](O)[C@H]3O)C(=O)c2cccc(O)c2C5=O)c1. The molecule has 3 aromatic rings. The summed E-state index contributed by atoms with van der Waals surface area (Å²) in [5.41, 5.74) is -2.42. The molecule has 5 atom stereocenters. The van der Waals surface area contributed by atoms with Crippen LogP contribution in [0.4, 0.5) is 0 Å².